The van der Waals surface area contributed by atoms with E-state index < -0.39 is 28.0 Å². The van der Waals surface area contributed by atoms with Gasteiger partial charge >= 0.3 is 5.97 Å². The van der Waals surface area contributed by atoms with Crippen molar-refractivity contribution in [1.29, 1.82) is 0 Å². The molecule has 2 rings (SSSR count). The first kappa shape index (κ1) is 16.3. The topological polar surface area (TPSA) is 96.8 Å². The van der Waals surface area contributed by atoms with Gasteiger partial charge in [-0.2, -0.15) is 4.31 Å². The highest BCUT2D eigenvalue weighted by Crippen LogP contribution is 2.27. The molecule has 9 heteroatoms. The normalized spacial score (nSPS) is 22.6. The quantitative estimate of drug-likeness (QED) is 0.819. The molecular formula is C12H15BrN2O5S. The highest BCUT2D eigenvalue weighted by Gasteiger charge is 2.42. The Kier molecular flexibility index (Phi) is 4.97. The summed E-state index contributed by atoms with van der Waals surface area (Å²) in [6, 6.07) is 0.729. The molecule has 0 aromatic carbocycles. The molecule has 1 N–H and O–H groups in total. The van der Waals surface area contributed by atoms with E-state index in [1.807, 2.05) is 0 Å². The van der Waals surface area contributed by atoms with Gasteiger partial charge in [0, 0.05) is 23.4 Å². The summed E-state index contributed by atoms with van der Waals surface area (Å²) >= 11 is 3.18. The summed E-state index contributed by atoms with van der Waals surface area (Å²) in [6.45, 7) is 1.92. The van der Waals surface area contributed by atoms with Crippen LogP contribution in [0.1, 0.15) is 6.92 Å². The Bertz CT molecular complexity index is 636. The molecule has 0 saturated carbocycles. The molecule has 1 aliphatic heterocycles. The maximum Gasteiger partial charge on any atom is 0.310 e. The van der Waals surface area contributed by atoms with Crippen molar-refractivity contribution in [2.24, 2.45) is 5.92 Å². The van der Waals surface area contributed by atoms with Crippen LogP contribution in [0.15, 0.2) is 27.8 Å². The summed E-state index contributed by atoms with van der Waals surface area (Å²) in [7, 11) is -3.83. The lowest BCUT2D eigenvalue weighted by molar-refractivity contribution is -0.142. The number of carboxylic acids is 1. The molecule has 7 nitrogen and oxygen atoms in total. The second-order valence-corrected chi connectivity index (χ2v) is 7.40. The molecule has 2 atom stereocenters. The number of likely N-dealkylation sites (N-methyl/N-ethyl adjacent to an activating group) is 1. The fourth-order valence-corrected chi connectivity index (χ4v) is 4.48. The van der Waals surface area contributed by atoms with E-state index in [0.29, 0.717) is 4.47 Å². The minimum absolute atomic E-state index is 0.0166. The van der Waals surface area contributed by atoms with Gasteiger partial charge in [0.2, 0.25) is 10.0 Å². The predicted octanol–water partition coefficient (Wildman–Crippen LogP) is 0.954. The van der Waals surface area contributed by atoms with Crippen LogP contribution < -0.4 is 0 Å². The minimum atomic E-state index is -3.83. The monoisotopic (exact) mass is 378 g/mol. The lowest BCUT2D eigenvalue weighted by Gasteiger charge is -2.28. The molecule has 0 amide bonds. The van der Waals surface area contributed by atoms with E-state index in [1.54, 1.807) is 6.92 Å². The number of hydrogen-bond donors (Lipinski definition) is 1. The third-order valence-corrected chi connectivity index (χ3v) is 5.73. The average molecular weight is 379 g/mol. The summed E-state index contributed by atoms with van der Waals surface area (Å²) in [5.74, 6) is -1.92. The zero-order valence-electron chi connectivity index (χ0n) is 11.3. The van der Waals surface area contributed by atoms with Crippen LogP contribution in [0.3, 0.4) is 0 Å². The van der Waals surface area contributed by atoms with Crippen LogP contribution in [0.2, 0.25) is 0 Å². The summed E-state index contributed by atoms with van der Waals surface area (Å²) in [4.78, 5) is 15.1. The molecule has 2 unspecified atom stereocenters. The Labute approximate surface area is 131 Å². The third kappa shape index (κ3) is 3.25. The Morgan fingerprint density at radius 2 is 2.24 bits per heavy atom. The molecule has 1 aromatic heterocycles. The minimum Gasteiger partial charge on any atom is -0.481 e. The van der Waals surface area contributed by atoms with Gasteiger partial charge in [-0.25, -0.2) is 8.42 Å². The zero-order chi connectivity index (χ0) is 15.6. The summed E-state index contributed by atoms with van der Waals surface area (Å²) < 4.78 is 32.2. The highest BCUT2D eigenvalue weighted by molar-refractivity contribution is 9.10. The lowest BCUT2D eigenvalue weighted by atomic mass is 10.0. The number of nitrogens with zero attached hydrogens (tertiary/aromatic N) is 2. The van der Waals surface area contributed by atoms with E-state index in [9.17, 15) is 18.3 Å². The highest BCUT2D eigenvalue weighted by atomic mass is 79.9. The van der Waals surface area contributed by atoms with Crippen molar-refractivity contribution in [3.8, 4) is 0 Å². The van der Waals surface area contributed by atoms with Crippen molar-refractivity contribution >= 4 is 31.9 Å². The number of aromatic nitrogens is 1. The van der Waals surface area contributed by atoms with E-state index in [2.05, 4.69) is 20.9 Å². The van der Waals surface area contributed by atoms with Crippen molar-refractivity contribution in [2.45, 2.75) is 17.9 Å². The molecule has 0 radical (unpaired) electrons. The van der Waals surface area contributed by atoms with Gasteiger partial charge in [-0.15, -0.1) is 0 Å². The molecule has 1 aliphatic rings. The molecule has 1 saturated heterocycles. The van der Waals surface area contributed by atoms with Gasteiger partial charge in [0.1, 0.15) is 4.90 Å². The Hall–Kier alpha value is -1.03. The van der Waals surface area contributed by atoms with E-state index in [0.717, 1.165) is 0 Å². The van der Waals surface area contributed by atoms with Crippen LogP contribution >= 0.6 is 15.9 Å². The van der Waals surface area contributed by atoms with Crippen LogP contribution in [0.5, 0.6) is 0 Å². The Morgan fingerprint density at radius 3 is 2.81 bits per heavy atom. The molecule has 21 heavy (non-hydrogen) atoms. The van der Waals surface area contributed by atoms with Crippen LogP contribution in [0, 0.1) is 5.92 Å². The van der Waals surface area contributed by atoms with Crippen molar-refractivity contribution < 1.29 is 23.1 Å². The molecule has 0 aliphatic carbocycles. The first-order chi connectivity index (χ1) is 9.87. The van der Waals surface area contributed by atoms with E-state index in [1.165, 1.54) is 22.8 Å². The molecule has 0 spiro atoms. The number of sulfonamides is 1. The van der Waals surface area contributed by atoms with Crippen LogP contribution in [-0.4, -0.2) is 54.6 Å². The van der Waals surface area contributed by atoms with Crippen LogP contribution in [-0.2, 0) is 19.6 Å². The number of hydrogen-bond acceptors (Lipinski definition) is 5. The van der Waals surface area contributed by atoms with E-state index >= 15 is 0 Å². The number of rotatable bonds is 5. The first-order valence-corrected chi connectivity index (χ1v) is 8.54. The average Bonchev–Trinajstić information content (AvgIpc) is 2.88. The van der Waals surface area contributed by atoms with Gasteiger partial charge in [0.15, 0.2) is 0 Å². The van der Waals surface area contributed by atoms with E-state index in [4.69, 9.17) is 4.74 Å². The van der Waals surface area contributed by atoms with Crippen LogP contribution in [0.25, 0.3) is 0 Å². The van der Waals surface area contributed by atoms with Gasteiger partial charge in [-0.3, -0.25) is 9.78 Å². The SMILES string of the molecule is CCN(C1COCC1C(=O)O)S(=O)(=O)c1cncc(Br)c1. The largest absolute Gasteiger partial charge is 0.481 e. The smallest absolute Gasteiger partial charge is 0.310 e. The number of pyridine rings is 1. The van der Waals surface area contributed by atoms with Gasteiger partial charge in [0.25, 0.3) is 0 Å². The number of aliphatic carboxylic acids is 1. The zero-order valence-corrected chi connectivity index (χ0v) is 13.7. The summed E-state index contributed by atoms with van der Waals surface area (Å²) in [6.07, 6.45) is 2.72. The van der Waals surface area contributed by atoms with E-state index in [-0.39, 0.29) is 24.7 Å². The van der Waals surface area contributed by atoms with Gasteiger partial charge < -0.3 is 9.84 Å². The maximum absolute atomic E-state index is 12.7. The number of carboxylic acid groups (broad SMARTS) is 1. The second-order valence-electron chi connectivity index (χ2n) is 4.60. The molecule has 1 aromatic rings. The number of ether oxygens (including phenoxy) is 1. The van der Waals surface area contributed by atoms with Crippen molar-refractivity contribution in [2.75, 3.05) is 19.8 Å². The Balaban J connectivity index is 2.38. The van der Waals surface area contributed by atoms with Crippen molar-refractivity contribution in [1.82, 2.24) is 9.29 Å². The molecule has 116 valence electrons. The molecular weight excluding hydrogens is 364 g/mol. The predicted molar refractivity (Wildman–Crippen MR) is 77.2 cm³/mol. The third-order valence-electron chi connectivity index (χ3n) is 3.34. The fourth-order valence-electron chi connectivity index (χ4n) is 2.31. The van der Waals surface area contributed by atoms with Gasteiger partial charge in [-0.05, 0) is 22.0 Å². The van der Waals surface area contributed by atoms with Crippen LogP contribution in [0.4, 0.5) is 0 Å². The number of halogens is 1. The lowest BCUT2D eigenvalue weighted by Crippen LogP contribution is -2.46. The molecule has 2 heterocycles. The maximum atomic E-state index is 12.7. The fraction of sp³-hybridized carbons (Fsp3) is 0.500. The number of carbonyl (C=O) groups is 1. The summed E-state index contributed by atoms with van der Waals surface area (Å²) in [5, 5.41) is 9.19. The first-order valence-electron chi connectivity index (χ1n) is 6.31. The van der Waals surface area contributed by atoms with Gasteiger partial charge in [-0.1, -0.05) is 6.92 Å². The summed E-state index contributed by atoms with van der Waals surface area (Å²) in [5.41, 5.74) is 0. The molecule has 1 fully saturated rings. The second kappa shape index (κ2) is 6.39. The standard InChI is InChI=1S/C12H15BrN2O5S/c1-2-15(11-7-20-6-10(11)12(16)17)21(18,19)9-3-8(13)4-14-5-9/h3-5,10-11H,2,6-7H2,1H3,(H,16,17). The van der Waals surface area contributed by atoms with Crippen molar-refractivity contribution in [3.63, 3.8) is 0 Å². The van der Waals surface area contributed by atoms with Crippen molar-refractivity contribution in [3.05, 3.63) is 22.9 Å². The molecule has 0 bridgehead atoms. The van der Waals surface area contributed by atoms with Gasteiger partial charge in [0.05, 0.1) is 25.2 Å². The Morgan fingerprint density at radius 1 is 1.52 bits per heavy atom.